The number of unbranched alkanes of at least 4 members (excludes halogenated alkanes) is 2. The van der Waals surface area contributed by atoms with Gasteiger partial charge in [0.15, 0.2) is 0 Å². The number of aliphatic carboxylic acids is 1. The Labute approximate surface area is 156 Å². The summed E-state index contributed by atoms with van der Waals surface area (Å²) < 4.78 is 0. The minimum absolute atomic E-state index is 0.000470. The molecule has 0 aliphatic heterocycles. The van der Waals surface area contributed by atoms with Gasteiger partial charge < -0.3 is 15.3 Å². The smallest absolute Gasteiger partial charge is 0.303 e. The first-order chi connectivity index (χ1) is 12.4. The number of Topliss-reactive ketones (excluding diaryl/α,β-unsaturated/α-hetero) is 1. The van der Waals surface area contributed by atoms with Crippen molar-refractivity contribution in [3.8, 4) is 11.8 Å². The van der Waals surface area contributed by atoms with E-state index in [4.69, 9.17) is 5.11 Å². The van der Waals surface area contributed by atoms with Gasteiger partial charge in [-0.25, -0.2) is 0 Å². The molecule has 0 bridgehead atoms. The van der Waals surface area contributed by atoms with E-state index in [1.807, 2.05) is 19.1 Å². The van der Waals surface area contributed by atoms with Gasteiger partial charge in [-0.15, -0.1) is 0 Å². The number of aliphatic hydroxyl groups excluding tert-OH is 2. The van der Waals surface area contributed by atoms with E-state index in [1.165, 1.54) is 0 Å². The summed E-state index contributed by atoms with van der Waals surface area (Å²) in [4.78, 5) is 22.6. The summed E-state index contributed by atoms with van der Waals surface area (Å²) in [5.41, 5.74) is 0. The van der Waals surface area contributed by atoms with E-state index < -0.39 is 24.1 Å². The van der Waals surface area contributed by atoms with Crippen LogP contribution in [0.1, 0.15) is 65.2 Å². The zero-order valence-electron chi connectivity index (χ0n) is 15.9. The molecular weight excluding hydrogens is 332 g/mol. The van der Waals surface area contributed by atoms with E-state index >= 15 is 0 Å². The van der Waals surface area contributed by atoms with Crippen molar-refractivity contribution in [3.05, 3.63) is 12.2 Å². The van der Waals surface area contributed by atoms with Crippen LogP contribution in [-0.4, -0.2) is 39.3 Å². The van der Waals surface area contributed by atoms with Gasteiger partial charge in [0.1, 0.15) is 11.9 Å². The van der Waals surface area contributed by atoms with Crippen molar-refractivity contribution in [2.75, 3.05) is 0 Å². The molecule has 3 N–H and O–H groups in total. The highest BCUT2D eigenvalue weighted by molar-refractivity contribution is 5.85. The molecule has 0 heterocycles. The molecule has 5 nitrogen and oxygen atoms in total. The second kappa shape index (κ2) is 11.9. The van der Waals surface area contributed by atoms with E-state index in [2.05, 4.69) is 18.8 Å². The lowest BCUT2D eigenvalue weighted by atomic mass is 9.90. The number of carboxylic acids is 1. The summed E-state index contributed by atoms with van der Waals surface area (Å²) in [6.45, 7) is 4.06. The number of carboxylic acid groups (broad SMARTS) is 1. The maximum absolute atomic E-state index is 12.1. The number of allylic oxidation sites excluding steroid dienone is 2. The van der Waals surface area contributed by atoms with Gasteiger partial charge >= 0.3 is 5.97 Å². The highest BCUT2D eigenvalue weighted by Crippen LogP contribution is 2.32. The lowest BCUT2D eigenvalue weighted by Gasteiger charge is -2.16. The molecule has 1 aliphatic carbocycles. The molecule has 0 radical (unpaired) electrons. The van der Waals surface area contributed by atoms with Crippen molar-refractivity contribution < 1.29 is 24.9 Å². The molecule has 0 saturated heterocycles. The van der Waals surface area contributed by atoms with Gasteiger partial charge in [-0.1, -0.05) is 50.7 Å². The van der Waals surface area contributed by atoms with E-state index in [1.54, 1.807) is 0 Å². The summed E-state index contributed by atoms with van der Waals surface area (Å²) >= 11 is 0. The van der Waals surface area contributed by atoms with Crippen LogP contribution < -0.4 is 0 Å². The molecule has 146 valence electrons. The van der Waals surface area contributed by atoms with E-state index in [-0.39, 0.29) is 30.5 Å². The highest BCUT2D eigenvalue weighted by atomic mass is 16.4. The minimum atomic E-state index is -0.811. The zero-order valence-corrected chi connectivity index (χ0v) is 15.9. The fourth-order valence-electron chi connectivity index (χ4n) is 3.17. The quantitative estimate of drug-likeness (QED) is 0.315. The fraction of sp³-hybridized carbons (Fsp3) is 0.714. The topological polar surface area (TPSA) is 94.8 Å². The largest absolute Gasteiger partial charge is 0.481 e. The summed E-state index contributed by atoms with van der Waals surface area (Å²) in [6, 6.07) is 0. The monoisotopic (exact) mass is 364 g/mol. The van der Waals surface area contributed by atoms with Crippen LogP contribution in [0.2, 0.25) is 0 Å². The van der Waals surface area contributed by atoms with Gasteiger partial charge in [0.25, 0.3) is 0 Å². The number of carbonyl (C=O) groups excluding carboxylic acids is 1. The van der Waals surface area contributed by atoms with Crippen LogP contribution >= 0.6 is 0 Å². The molecule has 0 spiro atoms. The summed E-state index contributed by atoms with van der Waals surface area (Å²) in [5, 5.41) is 28.9. The third-order valence-corrected chi connectivity index (χ3v) is 4.94. The second-order valence-electron chi connectivity index (χ2n) is 7.22. The third kappa shape index (κ3) is 7.72. The normalized spacial score (nSPS) is 25.1. The Balaban J connectivity index is 2.59. The molecule has 0 unspecified atom stereocenters. The Morgan fingerprint density at radius 1 is 1.35 bits per heavy atom. The molecule has 5 heteroatoms. The minimum Gasteiger partial charge on any atom is -0.481 e. The third-order valence-electron chi connectivity index (χ3n) is 4.94. The average Bonchev–Trinajstić information content (AvgIpc) is 2.86. The van der Waals surface area contributed by atoms with Crippen molar-refractivity contribution in [1.29, 1.82) is 0 Å². The summed E-state index contributed by atoms with van der Waals surface area (Å²) in [5.74, 6) is 4.26. The van der Waals surface area contributed by atoms with Crippen molar-refractivity contribution in [2.24, 2.45) is 17.8 Å². The number of rotatable bonds is 10. The Morgan fingerprint density at radius 2 is 2.08 bits per heavy atom. The molecule has 0 aromatic carbocycles. The van der Waals surface area contributed by atoms with Crippen LogP contribution in [0.3, 0.4) is 0 Å². The zero-order chi connectivity index (χ0) is 19.5. The van der Waals surface area contributed by atoms with E-state index in [9.17, 15) is 19.8 Å². The lowest BCUT2D eigenvalue weighted by Crippen LogP contribution is -2.20. The van der Waals surface area contributed by atoms with Crippen LogP contribution in [0.15, 0.2) is 12.2 Å². The maximum atomic E-state index is 12.1. The van der Waals surface area contributed by atoms with Crippen molar-refractivity contribution in [3.63, 3.8) is 0 Å². The average molecular weight is 364 g/mol. The van der Waals surface area contributed by atoms with Gasteiger partial charge in [0.2, 0.25) is 0 Å². The molecule has 0 amide bonds. The summed E-state index contributed by atoms with van der Waals surface area (Å²) in [6.07, 6.45) is 7.20. The van der Waals surface area contributed by atoms with Crippen LogP contribution in [0.5, 0.6) is 0 Å². The summed E-state index contributed by atoms with van der Waals surface area (Å²) in [7, 11) is 0. The van der Waals surface area contributed by atoms with Crippen LogP contribution in [0.25, 0.3) is 0 Å². The van der Waals surface area contributed by atoms with E-state index in [0.717, 1.165) is 19.3 Å². The predicted octanol–water partition coefficient (Wildman–Crippen LogP) is 2.94. The van der Waals surface area contributed by atoms with Crippen LogP contribution in [-0.2, 0) is 9.59 Å². The number of hydrogen-bond acceptors (Lipinski definition) is 4. The van der Waals surface area contributed by atoms with Gasteiger partial charge in [-0.05, 0) is 31.6 Å². The first-order valence-electron chi connectivity index (χ1n) is 9.63. The van der Waals surface area contributed by atoms with Crippen molar-refractivity contribution in [1.82, 2.24) is 0 Å². The fourth-order valence-corrected chi connectivity index (χ4v) is 3.17. The van der Waals surface area contributed by atoms with Crippen LogP contribution in [0, 0.1) is 29.6 Å². The lowest BCUT2D eigenvalue weighted by molar-refractivity contribution is -0.137. The first kappa shape index (κ1) is 22.4. The van der Waals surface area contributed by atoms with E-state index in [0.29, 0.717) is 19.3 Å². The first-order valence-corrected chi connectivity index (χ1v) is 9.63. The Morgan fingerprint density at radius 3 is 2.73 bits per heavy atom. The molecule has 26 heavy (non-hydrogen) atoms. The molecule has 1 aliphatic rings. The van der Waals surface area contributed by atoms with Crippen molar-refractivity contribution >= 4 is 11.8 Å². The molecule has 0 aromatic heterocycles. The van der Waals surface area contributed by atoms with Gasteiger partial charge in [-0.2, -0.15) is 0 Å². The van der Waals surface area contributed by atoms with Gasteiger partial charge in [0, 0.05) is 18.8 Å². The standard InChI is InChI=1S/C21H32O5/c1-3-4-9-15(2)18(22)13-12-17-16(19(23)14-20(17)24)10-7-5-6-8-11-21(25)26/h5,7,15-18,20,22,24H,3-4,6,8-11,14H2,1-2H3,(H,25,26)/t15-,16-,17-,18-,20-/m1/s1. The predicted molar refractivity (Wildman–Crippen MR) is 100 cm³/mol. The molecule has 1 fully saturated rings. The second-order valence-corrected chi connectivity index (χ2v) is 7.22. The highest BCUT2D eigenvalue weighted by Gasteiger charge is 2.39. The Bertz CT molecular complexity index is 542. The SMILES string of the molecule is CCCC[C@@H](C)[C@H](O)C#C[C@H]1[C@H](O)CC(=O)[C@@H]1CC=CCCCC(=O)O. The van der Waals surface area contributed by atoms with Gasteiger partial charge in [0.05, 0.1) is 12.0 Å². The van der Waals surface area contributed by atoms with Gasteiger partial charge in [-0.3, -0.25) is 9.59 Å². The number of ketones is 1. The molecule has 0 aromatic rings. The molecule has 1 saturated carbocycles. The number of hydrogen-bond donors (Lipinski definition) is 3. The number of aliphatic hydroxyl groups is 2. The Hall–Kier alpha value is -1.64. The van der Waals surface area contributed by atoms with Crippen molar-refractivity contribution in [2.45, 2.75) is 77.4 Å². The molecule has 1 rings (SSSR count). The maximum Gasteiger partial charge on any atom is 0.303 e. The Kier molecular flexibility index (Phi) is 10.2. The molecule has 5 atom stereocenters. The molecular formula is C21H32O5. The number of carbonyl (C=O) groups is 2. The van der Waals surface area contributed by atoms with Crippen LogP contribution in [0.4, 0.5) is 0 Å².